The van der Waals surface area contributed by atoms with E-state index in [9.17, 15) is 4.79 Å². The maximum Gasteiger partial charge on any atom is 0.369 e. The lowest BCUT2D eigenvalue weighted by molar-refractivity contribution is -0.134. The van der Waals surface area contributed by atoms with Gasteiger partial charge in [0.1, 0.15) is 6.07 Å². The first-order valence-corrected chi connectivity index (χ1v) is 5.63. The van der Waals surface area contributed by atoms with Crippen LogP contribution < -0.4 is 5.43 Å². The number of nitriles is 1. The summed E-state index contributed by atoms with van der Waals surface area (Å²) in [4.78, 5) is 11.3. The van der Waals surface area contributed by atoms with Crippen molar-refractivity contribution in [3.05, 3.63) is 28.7 Å². The number of carbonyl (C=O) groups excluding carboxylic acids is 1. The number of benzene rings is 1. The van der Waals surface area contributed by atoms with Gasteiger partial charge < -0.3 is 4.74 Å². The zero-order valence-corrected chi connectivity index (χ0v) is 10.7. The summed E-state index contributed by atoms with van der Waals surface area (Å²) < 4.78 is 5.45. The molecule has 0 heterocycles. The van der Waals surface area contributed by atoms with Crippen LogP contribution in [0.2, 0.25) is 0 Å². The predicted molar refractivity (Wildman–Crippen MR) is 67.4 cm³/mol. The Morgan fingerprint density at radius 3 is 2.88 bits per heavy atom. The molecule has 5 nitrogen and oxygen atoms in total. The highest BCUT2D eigenvalue weighted by molar-refractivity contribution is 9.10. The Morgan fingerprint density at radius 2 is 2.29 bits per heavy atom. The van der Waals surface area contributed by atoms with Crippen molar-refractivity contribution in [3.8, 4) is 6.07 Å². The van der Waals surface area contributed by atoms with Gasteiger partial charge in [0, 0.05) is 4.47 Å². The van der Waals surface area contributed by atoms with Crippen LogP contribution in [0.4, 0.5) is 5.69 Å². The number of rotatable bonds is 4. The second-order valence-electron chi connectivity index (χ2n) is 2.88. The minimum absolute atomic E-state index is 0.203. The zero-order chi connectivity index (χ0) is 12.7. The van der Waals surface area contributed by atoms with Crippen molar-refractivity contribution in [3.63, 3.8) is 0 Å². The normalized spacial score (nSPS) is 10.5. The number of para-hydroxylation sites is 1. The van der Waals surface area contributed by atoms with Crippen LogP contribution in [0.1, 0.15) is 6.92 Å². The Bertz CT molecular complexity index is 480. The van der Waals surface area contributed by atoms with Gasteiger partial charge in [0.05, 0.1) is 12.3 Å². The SMILES string of the molecule is CCOC(=O)C(C#N)=NNc1ccccc1Br. The molecule has 1 aromatic carbocycles. The lowest BCUT2D eigenvalue weighted by atomic mass is 10.3. The van der Waals surface area contributed by atoms with E-state index in [4.69, 9.17) is 5.26 Å². The molecular formula is C11H10BrN3O2. The van der Waals surface area contributed by atoms with Crippen LogP contribution in [0.5, 0.6) is 0 Å². The van der Waals surface area contributed by atoms with Gasteiger partial charge in [-0.3, -0.25) is 5.43 Å². The number of nitrogens with one attached hydrogen (secondary N) is 1. The first-order chi connectivity index (χ1) is 8.19. The molecule has 0 saturated heterocycles. The van der Waals surface area contributed by atoms with E-state index in [1.165, 1.54) is 0 Å². The van der Waals surface area contributed by atoms with E-state index < -0.39 is 5.97 Å². The summed E-state index contributed by atoms with van der Waals surface area (Å²) in [6, 6.07) is 8.89. The summed E-state index contributed by atoms with van der Waals surface area (Å²) >= 11 is 3.31. The van der Waals surface area contributed by atoms with Crippen LogP contribution in [-0.4, -0.2) is 18.3 Å². The molecule has 0 atom stereocenters. The first kappa shape index (κ1) is 13.2. The van der Waals surface area contributed by atoms with Gasteiger partial charge in [-0.15, -0.1) is 0 Å². The van der Waals surface area contributed by atoms with Crippen molar-refractivity contribution >= 4 is 33.3 Å². The molecule has 1 rings (SSSR count). The Hall–Kier alpha value is -1.87. The van der Waals surface area contributed by atoms with Gasteiger partial charge in [-0.25, -0.2) is 4.79 Å². The summed E-state index contributed by atoms with van der Waals surface area (Å²) in [6.07, 6.45) is 0. The van der Waals surface area contributed by atoms with Crippen molar-refractivity contribution in [1.29, 1.82) is 5.26 Å². The molecule has 1 N–H and O–H groups in total. The number of ether oxygens (including phenoxy) is 1. The van der Waals surface area contributed by atoms with Gasteiger partial charge in [0.25, 0.3) is 0 Å². The third-order valence-electron chi connectivity index (χ3n) is 1.74. The maximum atomic E-state index is 11.3. The van der Waals surface area contributed by atoms with Gasteiger partial charge in [0.2, 0.25) is 5.71 Å². The summed E-state index contributed by atoms with van der Waals surface area (Å²) in [5.74, 6) is -0.741. The maximum absolute atomic E-state index is 11.3. The van der Waals surface area contributed by atoms with E-state index in [0.717, 1.165) is 4.47 Å². The highest BCUT2D eigenvalue weighted by Gasteiger charge is 2.11. The summed E-state index contributed by atoms with van der Waals surface area (Å²) in [6.45, 7) is 1.86. The quantitative estimate of drug-likeness (QED) is 0.525. The Labute approximate surface area is 107 Å². The predicted octanol–water partition coefficient (Wildman–Crippen LogP) is 2.30. The standard InChI is InChI=1S/C11H10BrN3O2/c1-2-17-11(16)10(7-13)15-14-9-6-4-3-5-8(9)12/h3-6,14H,2H2,1H3. The molecule has 0 bridgehead atoms. The molecule has 0 aliphatic heterocycles. The molecule has 0 spiro atoms. The highest BCUT2D eigenvalue weighted by Crippen LogP contribution is 2.20. The molecule has 0 aliphatic carbocycles. The van der Waals surface area contributed by atoms with Gasteiger partial charge in [0.15, 0.2) is 0 Å². The first-order valence-electron chi connectivity index (χ1n) is 4.84. The summed E-state index contributed by atoms with van der Waals surface area (Å²) in [5, 5.41) is 12.4. The van der Waals surface area contributed by atoms with Crippen molar-refractivity contribution in [1.82, 2.24) is 0 Å². The van der Waals surface area contributed by atoms with E-state index in [2.05, 4.69) is 31.2 Å². The summed E-state index contributed by atoms with van der Waals surface area (Å²) in [7, 11) is 0. The third kappa shape index (κ3) is 3.89. The molecule has 6 heteroatoms. The molecule has 0 aromatic heterocycles. The lowest BCUT2D eigenvalue weighted by Gasteiger charge is -2.03. The van der Waals surface area contributed by atoms with Crippen molar-refractivity contribution < 1.29 is 9.53 Å². The number of esters is 1. The molecule has 88 valence electrons. The van der Waals surface area contributed by atoms with Crippen LogP contribution >= 0.6 is 15.9 Å². The van der Waals surface area contributed by atoms with E-state index in [1.54, 1.807) is 25.1 Å². The molecule has 17 heavy (non-hydrogen) atoms. The Morgan fingerprint density at radius 1 is 1.59 bits per heavy atom. The lowest BCUT2D eigenvalue weighted by Crippen LogP contribution is -2.17. The number of nitrogens with zero attached hydrogens (tertiary/aromatic N) is 2. The monoisotopic (exact) mass is 295 g/mol. The average molecular weight is 296 g/mol. The molecular weight excluding hydrogens is 286 g/mol. The van der Waals surface area contributed by atoms with Crippen LogP contribution in [0.3, 0.4) is 0 Å². The smallest absolute Gasteiger partial charge is 0.369 e. The highest BCUT2D eigenvalue weighted by atomic mass is 79.9. The molecule has 0 aliphatic rings. The number of hydrazone groups is 1. The van der Waals surface area contributed by atoms with Crippen LogP contribution in [0, 0.1) is 11.3 Å². The fourth-order valence-corrected chi connectivity index (χ4v) is 1.36. The van der Waals surface area contributed by atoms with Gasteiger partial charge in [-0.1, -0.05) is 12.1 Å². The molecule has 1 aromatic rings. The molecule has 0 radical (unpaired) electrons. The average Bonchev–Trinajstić information content (AvgIpc) is 2.32. The minimum Gasteiger partial charge on any atom is -0.461 e. The molecule has 0 fully saturated rings. The van der Waals surface area contributed by atoms with Crippen molar-refractivity contribution in [2.45, 2.75) is 6.92 Å². The van der Waals surface area contributed by atoms with Gasteiger partial charge >= 0.3 is 5.97 Å². The Balaban J connectivity index is 2.79. The Kier molecular flexibility index (Phi) is 5.17. The third-order valence-corrected chi connectivity index (χ3v) is 2.43. The second kappa shape index (κ2) is 6.66. The van der Waals surface area contributed by atoms with Gasteiger partial charge in [-0.2, -0.15) is 10.4 Å². The fraction of sp³-hybridized carbons (Fsp3) is 0.182. The second-order valence-corrected chi connectivity index (χ2v) is 3.74. The van der Waals surface area contributed by atoms with Gasteiger partial charge in [-0.05, 0) is 35.0 Å². The van der Waals surface area contributed by atoms with E-state index in [0.29, 0.717) is 5.69 Å². The van der Waals surface area contributed by atoms with Crippen molar-refractivity contribution in [2.75, 3.05) is 12.0 Å². The summed E-state index contributed by atoms with van der Waals surface area (Å²) in [5.41, 5.74) is 2.96. The zero-order valence-electron chi connectivity index (χ0n) is 9.11. The topological polar surface area (TPSA) is 74.5 Å². The number of hydrogen-bond acceptors (Lipinski definition) is 5. The van der Waals surface area contributed by atoms with Crippen LogP contribution in [0.15, 0.2) is 33.8 Å². The fourth-order valence-electron chi connectivity index (χ4n) is 0.984. The largest absolute Gasteiger partial charge is 0.461 e. The number of carbonyl (C=O) groups is 1. The van der Waals surface area contributed by atoms with Crippen molar-refractivity contribution in [2.24, 2.45) is 5.10 Å². The van der Waals surface area contributed by atoms with E-state index in [1.807, 2.05) is 12.1 Å². The van der Waals surface area contributed by atoms with Crippen LogP contribution in [-0.2, 0) is 9.53 Å². The number of hydrogen-bond donors (Lipinski definition) is 1. The van der Waals surface area contributed by atoms with Crippen LogP contribution in [0.25, 0.3) is 0 Å². The number of halogens is 1. The molecule has 0 unspecified atom stereocenters. The number of anilines is 1. The van der Waals surface area contributed by atoms with E-state index >= 15 is 0 Å². The van der Waals surface area contributed by atoms with E-state index in [-0.39, 0.29) is 12.3 Å². The molecule has 0 saturated carbocycles. The molecule has 0 amide bonds. The minimum atomic E-state index is -0.741.